The van der Waals surface area contributed by atoms with Gasteiger partial charge in [-0.2, -0.15) is 5.26 Å². The summed E-state index contributed by atoms with van der Waals surface area (Å²) in [7, 11) is 1.67. The third-order valence-electron chi connectivity index (χ3n) is 6.23. The number of para-hydroxylation sites is 1. The number of halogens is 1. The fraction of sp³-hybridized carbons (Fsp3) is 0.214. The lowest BCUT2D eigenvalue weighted by atomic mass is 9.90. The highest BCUT2D eigenvalue weighted by Gasteiger charge is 2.23. The van der Waals surface area contributed by atoms with Crippen LogP contribution in [-0.4, -0.2) is 22.9 Å². The number of aromatic nitrogens is 2. The summed E-state index contributed by atoms with van der Waals surface area (Å²) in [5, 5.41) is 9.69. The SMILES string of the molecule is COCc1nc2c(SC)cccc2n1Cc1ccc2c(c1)COc1cc(F)ccc1C2=C(C)C#N. The average Bonchev–Trinajstić information content (AvgIpc) is 3.12. The molecule has 0 spiro atoms. The van der Waals surface area contributed by atoms with E-state index in [0.29, 0.717) is 24.5 Å². The fourth-order valence-electron chi connectivity index (χ4n) is 4.62. The van der Waals surface area contributed by atoms with Gasteiger partial charge in [-0.3, -0.25) is 0 Å². The normalized spacial score (nSPS) is 14.0. The van der Waals surface area contributed by atoms with Gasteiger partial charge >= 0.3 is 0 Å². The Morgan fingerprint density at radius 3 is 2.80 bits per heavy atom. The van der Waals surface area contributed by atoms with Gasteiger partial charge in [0.15, 0.2) is 0 Å². The van der Waals surface area contributed by atoms with Crippen molar-refractivity contribution in [3.8, 4) is 11.8 Å². The maximum absolute atomic E-state index is 13.9. The van der Waals surface area contributed by atoms with Crippen LogP contribution in [0.3, 0.4) is 0 Å². The number of thioether (sulfide) groups is 1. The first-order valence-corrected chi connectivity index (χ1v) is 12.4. The summed E-state index contributed by atoms with van der Waals surface area (Å²) in [5.41, 5.74) is 7.04. The molecule has 0 fully saturated rings. The lowest BCUT2D eigenvalue weighted by molar-refractivity contribution is 0.175. The Morgan fingerprint density at radius 1 is 1.20 bits per heavy atom. The molecule has 35 heavy (non-hydrogen) atoms. The molecule has 5 nitrogen and oxygen atoms in total. The van der Waals surface area contributed by atoms with E-state index in [1.807, 2.05) is 12.1 Å². The monoisotopic (exact) mass is 485 g/mol. The number of nitriles is 1. The van der Waals surface area contributed by atoms with Gasteiger partial charge in [0.05, 0.1) is 11.6 Å². The maximum Gasteiger partial charge on any atom is 0.136 e. The van der Waals surface area contributed by atoms with E-state index in [1.165, 1.54) is 12.1 Å². The number of imidazole rings is 1. The first kappa shape index (κ1) is 23.2. The number of benzene rings is 3. The van der Waals surface area contributed by atoms with Gasteiger partial charge in [-0.05, 0) is 60.2 Å². The minimum absolute atomic E-state index is 0.286. The fourth-order valence-corrected chi connectivity index (χ4v) is 5.18. The molecule has 0 atom stereocenters. The molecule has 0 radical (unpaired) electrons. The van der Waals surface area contributed by atoms with Crippen LogP contribution in [0.2, 0.25) is 0 Å². The maximum atomic E-state index is 13.9. The van der Waals surface area contributed by atoms with E-state index in [0.717, 1.165) is 49.6 Å². The van der Waals surface area contributed by atoms with E-state index in [2.05, 4.69) is 41.2 Å². The highest BCUT2D eigenvalue weighted by molar-refractivity contribution is 7.98. The van der Waals surface area contributed by atoms with Gasteiger partial charge in [-0.25, -0.2) is 9.37 Å². The zero-order chi connectivity index (χ0) is 24.5. The molecule has 3 aromatic carbocycles. The smallest absolute Gasteiger partial charge is 0.136 e. The second-order valence-corrected chi connectivity index (χ2v) is 9.26. The van der Waals surface area contributed by atoms with Crippen LogP contribution in [0, 0.1) is 17.1 Å². The number of hydrogen-bond acceptors (Lipinski definition) is 5. The Balaban J connectivity index is 1.60. The summed E-state index contributed by atoms with van der Waals surface area (Å²) < 4.78 is 27.6. The number of nitrogens with zero attached hydrogens (tertiary/aromatic N) is 3. The molecule has 176 valence electrons. The zero-order valence-electron chi connectivity index (χ0n) is 19.8. The van der Waals surface area contributed by atoms with E-state index in [4.69, 9.17) is 14.5 Å². The summed E-state index contributed by atoms with van der Waals surface area (Å²) in [5.74, 6) is 0.936. The minimum Gasteiger partial charge on any atom is -0.488 e. The van der Waals surface area contributed by atoms with Gasteiger partial charge < -0.3 is 14.0 Å². The lowest BCUT2D eigenvalue weighted by Crippen LogP contribution is -2.07. The molecule has 2 heterocycles. The summed E-state index contributed by atoms with van der Waals surface area (Å²) in [4.78, 5) is 5.99. The molecule has 0 bridgehead atoms. The number of hydrogen-bond donors (Lipinski definition) is 0. The highest BCUT2D eigenvalue weighted by atomic mass is 32.2. The van der Waals surface area contributed by atoms with Crippen molar-refractivity contribution in [3.05, 3.63) is 94.1 Å². The molecule has 0 aliphatic carbocycles. The third kappa shape index (κ3) is 4.20. The predicted octanol–water partition coefficient (Wildman–Crippen LogP) is 6.33. The van der Waals surface area contributed by atoms with Crippen molar-refractivity contribution in [3.63, 3.8) is 0 Å². The molecule has 1 aromatic heterocycles. The third-order valence-corrected chi connectivity index (χ3v) is 7.00. The Kier molecular flexibility index (Phi) is 6.33. The van der Waals surface area contributed by atoms with Crippen LogP contribution >= 0.6 is 11.8 Å². The van der Waals surface area contributed by atoms with Crippen LogP contribution in [0.5, 0.6) is 5.75 Å². The number of allylic oxidation sites excluding steroid dienone is 1. The first-order chi connectivity index (χ1) is 17.0. The molecule has 1 aliphatic heterocycles. The van der Waals surface area contributed by atoms with E-state index in [-0.39, 0.29) is 12.4 Å². The quantitative estimate of drug-likeness (QED) is 0.244. The summed E-state index contributed by atoms with van der Waals surface area (Å²) >= 11 is 1.67. The van der Waals surface area contributed by atoms with E-state index in [9.17, 15) is 9.65 Å². The average molecular weight is 486 g/mol. The molecule has 5 rings (SSSR count). The Labute approximate surface area is 207 Å². The highest BCUT2D eigenvalue weighted by Crippen LogP contribution is 2.39. The molecule has 1 aliphatic rings. The number of fused-ring (bicyclic) bond motifs is 3. The lowest BCUT2D eigenvalue weighted by Gasteiger charge is -2.14. The van der Waals surface area contributed by atoms with Gasteiger partial charge in [-0.1, -0.05) is 18.2 Å². The zero-order valence-corrected chi connectivity index (χ0v) is 20.6. The van der Waals surface area contributed by atoms with Crippen LogP contribution < -0.4 is 4.74 Å². The molecule has 7 heteroatoms. The van der Waals surface area contributed by atoms with Crippen molar-refractivity contribution >= 4 is 28.4 Å². The van der Waals surface area contributed by atoms with Gasteiger partial charge in [0, 0.05) is 41.3 Å². The summed E-state index contributed by atoms with van der Waals surface area (Å²) in [6.07, 6.45) is 2.05. The largest absolute Gasteiger partial charge is 0.488 e. The van der Waals surface area contributed by atoms with Crippen LogP contribution in [0.15, 0.2) is 65.1 Å². The Bertz CT molecular complexity index is 1520. The van der Waals surface area contributed by atoms with Gasteiger partial charge in [-0.15, -0.1) is 11.8 Å². The molecule has 0 unspecified atom stereocenters. The Hall–Kier alpha value is -3.60. The van der Waals surface area contributed by atoms with Crippen LogP contribution in [0.1, 0.15) is 35.0 Å². The molecule has 0 amide bonds. The molecule has 0 N–H and O–H groups in total. The first-order valence-electron chi connectivity index (χ1n) is 11.2. The van der Waals surface area contributed by atoms with Crippen molar-refractivity contribution < 1.29 is 13.9 Å². The van der Waals surface area contributed by atoms with Crippen molar-refractivity contribution in [1.82, 2.24) is 9.55 Å². The molecular weight excluding hydrogens is 461 g/mol. The van der Waals surface area contributed by atoms with Gasteiger partial charge in [0.1, 0.15) is 36.1 Å². The van der Waals surface area contributed by atoms with Crippen molar-refractivity contribution in [2.75, 3.05) is 13.4 Å². The van der Waals surface area contributed by atoms with Gasteiger partial charge in [0.25, 0.3) is 0 Å². The second-order valence-electron chi connectivity index (χ2n) is 8.41. The van der Waals surface area contributed by atoms with Crippen molar-refractivity contribution in [2.45, 2.75) is 31.6 Å². The van der Waals surface area contributed by atoms with Crippen LogP contribution in [0.25, 0.3) is 16.6 Å². The van der Waals surface area contributed by atoms with Crippen molar-refractivity contribution in [1.29, 1.82) is 5.26 Å². The number of ether oxygens (including phenoxy) is 2. The standard InChI is InChI=1S/C28H24FN3O2S/c1-17(13-30)27-21-9-7-18(11-19(21)15-34-24-12-20(29)8-10-22(24)27)14-32-23-5-4-6-25(35-3)28(23)31-26(32)16-33-2/h4-12H,14-16H2,1-3H3. The van der Waals surface area contributed by atoms with E-state index >= 15 is 0 Å². The molecule has 4 aromatic rings. The molecule has 0 saturated heterocycles. The molecule has 0 saturated carbocycles. The predicted molar refractivity (Wildman–Crippen MR) is 136 cm³/mol. The summed E-state index contributed by atoms with van der Waals surface area (Å²) in [6.45, 7) is 3.08. The van der Waals surface area contributed by atoms with Crippen LogP contribution in [0.4, 0.5) is 4.39 Å². The second kappa shape index (κ2) is 9.57. The minimum atomic E-state index is -0.369. The molecular formula is C28H24FN3O2S. The van der Waals surface area contributed by atoms with Gasteiger partial charge in [0.2, 0.25) is 0 Å². The summed E-state index contributed by atoms with van der Waals surface area (Å²) in [6, 6.07) is 19.1. The van der Waals surface area contributed by atoms with Crippen molar-refractivity contribution in [2.24, 2.45) is 0 Å². The van der Waals surface area contributed by atoms with E-state index < -0.39 is 0 Å². The van der Waals surface area contributed by atoms with Crippen LogP contribution in [-0.2, 0) is 24.5 Å². The Morgan fingerprint density at radius 2 is 2.03 bits per heavy atom. The number of rotatable bonds is 5. The number of methoxy groups -OCH3 is 1. The van der Waals surface area contributed by atoms with E-state index in [1.54, 1.807) is 31.9 Å². The topological polar surface area (TPSA) is 60.1 Å².